The van der Waals surface area contributed by atoms with E-state index in [0.717, 1.165) is 30.6 Å². The van der Waals surface area contributed by atoms with E-state index in [1.165, 1.54) is 12.1 Å². The molecule has 0 atom stereocenters. The van der Waals surface area contributed by atoms with Crippen LogP contribution in [0.1, 0.15) is 11.1 Å². The van der Waals surface area contributed by atoms with E-state index < -0.39 is 11.8 Å². The first-order valence-corrected chi connectivity index (χ1v) is 6.59. The number of ether oxygens (including phenoxy) is 1. The quantitative estimate of drug-likeness (QED) is 0.834. The lowest BCUT2D eigenvalue weighted by molar-refractivity contribution is -0.131. The molecule has 0 aromatic heterocycles. The molecule has 1 saturated heterocycles. The predicted octanol–water partition coefficient (Wildman–Crippen LogP) is 2.56. The molecule has 1 aromatic rings. The minimum atomic E-state index is -1.08. The number of hydrogen-bond acceptors (Lipinski definition) is 3. The van der Waals surface area contributed by atoms with Crippen LogP contribution in [0, 0.1) is 5.82 Å². The van der Waals surface area contributed by atoms with Crippen LogP contribution in [0.15, 0.2) is 24.3 Å². The van der Waals surface area contributed by atoms with Crippen molar-refractivity contribution < 1.29 is 19.0 Å². The van der Waals surface area contributed by atoms with Crippen LogP contribution < -0.4 is 0 Å². The molecule has 1 aliphatic heterocycles. The fourth-order valence-electron chi connectivity index (χ4n) is 1.50. The van der Waals surface area contributed by atoms with Gasteiger partial charge >= 0.3 is 5.97 Å². The summed E-state index contributed by atoms with van der Waals surface area (Å²) in [5.74, 6) is -0.712. The summed E-state index contributed by atoms with van der Waals surface area (Å²) in [5.41, 5.74) is 1.29. The van der Waals surface area contributed by atoms with Crippen molar-refractivity contribution in [3.8, 4) is 0 Å². The zero-order valence-electron chi connectivity index (χ0n) is 9.64. The molecule has 1 aliphatic rings. The van der Waals surface area contributed by atoms with Crippen LogP contribution in [0.2, 0.25) is 0 Å². The van der Waals surface area contributed by atoms with Crippen molar-refractivity contribution in [1.29, 1.82) is 0 Å². The summed E-state index contributed by atoms with van der Waals surface area (Å²) in [6, 6.07) is 4.77. The molecule has 18 heavy (non-hydrogen) atoms. The Balaban J connectivity index is 2.02. The standard InChI is InChI=1S/C13H13FO3S/c14-12-3-1-9(8-18-11-6-17-7-11)5-10(12)2-4-13(15)16/h1-5,11H,6-8H2,(H,15,16). The van der Waals surface area contributed by atoms with Crippen LogP contribution in [0.4, 0.5) is 4.39 Å². The highest BCUT2D eigenvalue weighted by molar-refractivity contribution is 7.99. The number of carboxylic acid groups (broad SMARTS) is 1. The predicted molar refractivity (Wildman–Crippen MR) is 69.0 cm³/mol. The van der Waals surface area contributed by atoms with E-state index in [4.69, 9.17) is 9.84 Å². The van der Waals surface area contributed by atoms with Gasteiger partial charge in [0.15, 0.2) is 0 Å². The molecule has 96 valence electrons. The van der Waals surface area contributed by atoms with E-state index in [1.807, 2.05) is 0 Å². The molecule has 0 unspecified atom stereocenters. The summed E-state index contributed by atoms with van der Waals surface area (Å²) in [6.07, 6.45) is 2.22. The first-order valence-electron chi connectivity index (χ1n) is 5.54. The van der Waals surface area contributed by atoms with E-state index in [-0.39, 0.29) is 0 Å². The second-order valence-electron chi connectivity index (χ2n) is 4.00. The van der Waals surface area contributed by atoms with Crippen molar-refractivity contribution in [3.05, 3.63) is 41.2 Å². The van der Waals surface area contributed by atoms with Crippen molar-refractivity contribution in [2.45, 2.75) is 11.0 Å². The van der Waals surface area contributed by atoms with Crippen molar-refractivity contribution in [2.75, 3.05) is 13.2 Å². The highest BCUT2D eigenvalue weighted by atomic mass is 32.2. The van der Waals surface area contributed by atoms with Gasteiger partial charge in [0.25, 0.3) is 0 Å². The van der Waals surface area contributed by atoms with Gasteiger partial charge in [0.2, 0.25) is 0 Å². The molecule has 0 radical (unpaired) electrons. The number of hydrogen-bond donors (Lipinski definition) is 1. The SMILES string of the molecule is O=C(O)C=Cc1cc(CSC2COC2)ccc1F. The Morgan fingerprint density at radius 2 is 2.33 bits per heavy atom. The highest BCUT2D eigenvalue weighted by Gasteiger charge is 2.18. The number of benzene rings is 1. The van der Waals surface area contributed by atoms with Crippen LogP contribution in [0.3, 0.4) is 0 Å². The number of halogens is 1. The maximum atomic E-state index is 13.4. The lowest BCUT2D eigenvalue weighted by Crippen LogP contribution is -2.30. The van der Waals surface area contributed by atoms with Crippen molar-refractivity contribution in [3.63, 3.8) is 0 Å². The smallest absolute Gasteiger partial charge is 0.328 e. The lowest BCUT2D eigenvalue weighted by Gasteiger charge is -2.25. The lowest BCUT2D eigenvalue weighted by atomic mass is 10.1. The Hall–Kier alpha value is -1.33. The molecule has 0 spiro atoms. The fraction of sp³-hybridized carbons (Fsp3) is 0.308. The van der Waals surface area contributed by atoms with Gasteiger partial charge in [-0.1, -0.05) is 6.07 Å². The first kappa shape index (κ1) is 13.1. The number of aliphatic carboxylic acids is 1. The third-order valence-corrected chi connectivity index (χ3v) is 3.80. The Labute approximate surface area is 109 Å². The van der Waals surface area contributed by atoms with Gasteiger partial charge in [-0.3, -0.25) is 0 Å². The maximum Gasteiger partial charge on any atom is 0.328 e. The minimum absolute atomic E-state index is 0.306. The molecular weight excluding hydrogens is 255 g/mol. The van der Waals surface area contributed by atoms with Crippen molar-refractivity contribution in [2.24, 2.45) is 0 Å². The van der Waals surface area contributed by atoms with E-state index in [9.17, 15) is 9.18 Å². The summed E-state index contributed by atoms with van der Waals surface area (Å²) in [5, 5.41) is 9.04. The van der Waals surface area contributed by atoms with Crippen LogP contribution >= 0.6 is 11.8 Å². The van der Waals surface area contributed by atoms with E-state index in [2.05, 4.69) is 0 Å². The second-order valence-corrected chi connectivity index (χ2v) is 5.29. The largest absolute Gasteiger partial charge is 0.478 e. The molecule has 0 saturated carbocycles. The summed E-state index contributed by atoms with van der Waals surface area (Å²) in [6.45, 7) is 1.55. The van der Waals surface area contributed by atoms with Crippen LogP contribution in [0.25, 0.3) is 6.08 Å². The van der Waals surface area contributed by atoms with Gasteiger partial charge in [-0.15, -0.1) is 11.8 Å². The molecule has 1 heterocycles. The molecular formula is C13H13FO3S. The van der Waals surface area contributed by atoms with Crippen molar-refractivity contribution in [1.82, 2.24) is 0 Å². The summed E-state index contributed by atoms with van der Waals surface area (Å²) < 4.78 is 18.5. The zero-order valence-corrected chi connectivity index (χ0v) is 10.5. The topological polar surface area (TPSA) is 46.5 Å². The number of carbonyl (C=O) groups is 1. The number of rotatable bonds is 5. The number of thioether (sulfide) groups is 1. The Bertz CT molecular complexity index is 469. The van der Waals surface area contributed by atoms with Crippen LogP contribution in [-0.2, 0) is 15.3 Å². The molecule has 1 fully saturated rings. The molecule has 1 N–H and O–H groups in total. The van der Waals surface area contributed by atoms with Crippen molar-refractivity contribution >= 4 is 23.8 Å². The molecule has 1 aromatic carbocycles. The second kappa shape index (κ2) is 6.02. The molecule has 0 aliphatic carbocycles. The minimum Gasteiger partial charge on any atom is -0.478 e. The van der Waals surface area contributed by atoms with E-state index in [1.54, 1.807) is 23.9 Å². The van der Waals surface area contributed by atoms with Crippen LogP contribution in [-0.4, -0.2) is 29.5 Å². The van der Waals surface area contributed by atoms with E-state index >= 15 is 0 Å². The fourth-order valence-corrected chi connectivity index (χ4v) is 2.49. The number of carboxylic acids is 1. The summed E-state index contributed by atoms with van der Waals surface area (Å²) in [7, 11) is 0. The van der Waals surface area contributed by atoms with Gasteiger partial charge in [0, 0.05) is 17.4 Å². The van der Waals surface area contributed by atoms with Crippen LogP contribution in [0.5, 0.6) is 0 Å². The van der Waals surface area contributed by atoms with Gasteiger partial charge < -0.3 is 9.84 Å². The van der Waals surface area contributed by atoms with Gasteiger partial charge in [0.1, 0.15) is 5.82 Å². The van der Waals surface area contributed by atoms with Gasteiger partial charge in [-0.05, 0) is 23.8 Å². The highest BCUT2D eigenvalue weighted by Crippen LogP contribution is 2.24. The monoisotopic (exact) mass is 268 g/mol. The third-order valence-electron chi connectivity index (χ3n) is 2.56. The Kier molecular flexibility index (Phi) is 4.38. The average molecular weight is 268 g/mol. The average Bonchev–Trinajstić information content (AvgIpc) is 2.27. The summed E-state index contributed by atoms with van der Waals surface area (Å²) in [4.78, 5) is 10.4. The Morgan fingerprint density at radius 3 is 2.94 bits per heavy atom. The van der Waals surface area contributed by atoms with Gasteiger partial charge in [0.05, 0.1) is 18.5 Å². The molecule has 5 heteroatoms. The maximum absolute atomic E-state index is 13.4. The van der Waals surface area contributed by atoms with Gasteiger partial charge in [-0.25, -0.2) is 9.18 Å². The molecule has 0 amide bonds. The zero-order chi connectivity index (χ0) is 13.0. The van der Waals surface area contributed by atoms with E-state index in [0.29, 0.717) is 10.8 Å². The Morgan fingerprint density at radius 1 is 1.56 bits per heavy atom. The normalized spacial score (nSPS) is 15.8. The molecule has 3 nitrogen and oxygen atoms in total. The third kappa shape index (κ3) is 3.58. The summed E-state index contributed by atoms with van der Waals surface area (Å²) >= 11 is 1.77. The molecule has 0 bridgehead atoms. The molecule has 2 rings (SSSR count). The van der Waals surface area contributed by atoms with Gasteiger partial charge in [-0.2, -0.15) is 0 Å². The first-order chi connectivity index (χ1) is 8.65.